The van der Waals surface area contributed by atoms with Gasteiger partial charge in [0.15, 0.2) is 0 Å². The molecule has 0 saturated heterocycles. The van der Waals surface area contributed by atoms with E-state index in [4.69, 9.17) is 11.6 Å². The van der Waals surface area contributed by atoms with Crippen molar-refractivity contribution in [1.29, 1.82) is 0 Å². The molecule has 1 nitrogen and oxygen atoms in total. The molecule has 0 unspecified atom stereocenters. The zero-order valence-corrected chi connectivity index (χ0v) is 5.12. The second kappa shape index (κ2) is 3.25. The Hall–Kier alpha value is 0.0469. The van der Waals surface area contributed by atoms with Crippen LogP contribution in [0.4, 0.5) is 0 Å². The zero-order chi connectivity index (χ0) is 4.99. The van der Waals surface area contributed by atoms with Crippen LogP contribution in [-0.4, -0.2) is 10.5 Å². The van der Waals surface area contributed by atoms with Crippen LogP contribution in [0.5, 0.6) is 0 Å². The SMILES string of the molecule is C/C(Cl)=C/O[Si]. The monoisotopic (exact) mass is 119 g/mol. The topological polar surface area (TPSA) is 9.23 Å². The lowest BCUT2D eigenvalue weighted by atomic mass is 10.7. The molecule has 0 saturated carbocycles. The molecular weight excluding hydrogens is 116 g/mol. The molecule has 3 heteroatoms. The maximum Gasteiger partial charge on any atom is 0.340 e. The summed E-state index contributed by atoms with van der Waals surface area (Å²) in [6.45, 7) is 1.72. The number of hydrogen-bond donors (Lipinski definition) is 0. The Bertz CT molecular complexity index is 57.8. The lowest BCUT2D eigenvalue weighted by Crippen LogP contribution is -1.66. The molecule has 0 aliphatic carbocycles. The number of halogens is 1. The molecule has 0 aromatic carbocycles. The molecule has 0 aliphatic heterocycles. The van der Waals surface area contributed by atoms with Gasteiger partial charge in [-0.05, 0) is 6.92 Å². The molecule has 0 atom stereocenters. The van der Waals surface area contributed by atoms with Crippen molar-refractivity contribution in [3.63, 3.8) is 0 Å². The third kappa shape index (κ3) is 4.05. The van der Waals surface area contributed by atoms with Gasteiger partial charge < -0.3 is 4.43 Å². The van der Waals surface area contributed by atoms with Gasteiger partial charge in [-0.3, -0.25) is 0 Å². The van der Waals surface area contributed by atoms with Crippen LogP contribution in [0.2, 0.25) is 0 Å². The fourth-order valence-corrected chi connectivity index (χ4v) is 0.377. The summed E-state index contributed by atoms with van der Waals surface area (Å²) in [6.07, 6.45) is 1.39. The van der Waals surface area contributed by atoms with Crippen molar-refractivity contribution < 1.29 is 4.43 Å². The second-order valence-corrected chi connectivity index (χ2v) is 1.65. The van der Waals surface area contributed by atoms with E-state index in [1.165, 1.54) is 6.26 Å². The first-order valence-electron chi connectivity index (χ1n) is 1.42. The van der Waals surface area contributed by atoms with Gasteiger partial charge in [0.05, 0.1) is 6.26 Å². The molecule has 0 aromatic rings. The van der Waals surface area contributed by atoms with Crippen molar-refractivity contribution in [2.24, 2.45) is 0 Å². The van der Waals surface area contributed by atoms with E-state index in [1.54, 1.807) is 6.92 Å². The van der Waals surface area contributed by atoms with Gasteiger partial charge in [0.25, 0.3) is 0 Å². The van der Waals surface area contributed by atoms with Gasteiger partial charge in [0, 0.05) is 5.03 Å². The Labute approximate surface area is 45.5 Å². The molecule has 0 N–H and O–H groups in total. The minimum absolute atomic E-state index is 0.616. The largest absolute Gasteiger partial charge is 0.545 e. The Balaban J connectivity index is 3.14. The van der Waals surface area contributed by atoms with Gasteiger partial charge in [0.1, 0.15) is 0 Å². The maximum atomic E-state index is 5.28. The Morgan fingerprint density at radius 2 is 2.50 bits per heavy atom. The third-order valence-corrected chi connectivity index (χ3v) is 0.428. The van der Waals surface area contributed by atoms with E-state index in [1.807, 2.05) is 0 Å². The third-order valence-electron chi connectivity index (χ3n) is 0.221. The highest BCUT2D eigenvalue weighted by molar-refractivity contribution is 6.29. The summed E-state index contributed by atoms with van der Waals surface area (Å²) in [5, 5.41) is 0.616. The van der Waals surface area contributed by atoms with Crippen molar-refractivity contribution in [2.45, 2.75) is 6.92 Å². The van der Waals surface area contributed by atoms with Crippen molar-refractivity contribution in [1.82, 2.24) is 0 Å². The molecule has 0 heterocycles. The second-order valence-electron chi connectivity index (χ2n) is 0.822. The molecule has 0 bridgehead atoms. The van der Waals surface area contributed by atoms with Gasteiger partial charge in [-0.2, -0.15) is 0 Å². The number of allylic oxidation sites excluding steroid dienone is 1. The normalized spacial score (nSPS) is 11.5. The first kappa shape index (κ1) is 6.05. The lowest BCUT2D eigenvalue weighted by molar-refractivity contribution is 0.532. The fourth-order valence-electron chi connectivity index (χ4n) is 0.0812. The highest BCUT2D eigenvalue weighted by Gasteiger charge is 1.71. The average Bonchev–Trinajstić information content (AvgIpc) is 1.35. The van der Waals surface area contributed by atoms with Gasteiger partial charge in [-0.1, -0.05) is 11.6 Å². The fraction of sp³-hybridized carbons (Fsp3) is 0.333. The van der Waals surface area contributed by atoms with E-state index in [0.717, 1.165) is 0 Å². The zero-order valence-electron chi connectivity index (χ0n) is 3.36. The minimum atomic E-state index is 0.616. The Morgan fingerprint density at radius 3 is 2.50 bits per heavy atom. The van der Waals surface area contributed by atoms with Gasteiger partial charge in [-0.25, -0.2) is 0 Å². The quantitative estimate of drug-likeness (QED) is 0.372. The van der Waals surface area contributed by atoms with Gasteiger partial charge in [0.2, 0.25) is 0 Å². The van der Waals surface area contributed by atoms with Crippen LogP contribution in [0.15, 0.2) is 11.3 Å². The van der Waals surface area contributed by atoms with Crippen molar-refractivity contribution >= 4 is 22.1 Å². The molecule has 0 rings (SSSR count). The van der Waals surface area contributed by atoms with E-state index < -0.39 is 0 Å². The Kier molecular flexibility index (Phi) is 3.27. The molecule has 33 valence electrons. The van der Waals surface area contributed by atoms with E-state index in [0.29, 0.717) is 5.03 Å². The van der Waals surface area contributed by atoms with E-state index in [2.05, 4.69) is 14.9 Å². The summed E-state index contributed by atoms with van der Waals surface area (Å²) >= 11 is 5.28. The summed E-state index contributed by atoms with van der Waals surface area (Å²) in [6, 6.07) is 0. The molecule has 0 aliphatic rings. The highest BCUT2D eigenvalue weighted by Crippen LogP contribution is 1.94. The first-order valence-corrected chi connectivity index (χ1v) is 2.20. The predicted molar refractivity (Wildman–Crippen MR) is 26.4 cm³/mol. The average molecular weight is 120 g/mol. The number of rotatable bonds is 1. The minimum Gasteiger partial charge on any atom is -0.545 e. The highest BCUT2D eigenvalue weighted by atomic mass is 35.5. The van der Waals surface area contributed by atoms with Crippen LogP contribution in [0.25, 0.3) is 0 Å². The van der Waals surface area contributed by atoms with E-state index >= 15 is 0 Å². The van der Waals surface area contributed by atoms with Crippen LogP contribution >= 0.6 is 11.6 Å². The number of hydrogen-bond acceptors (Lipinski definition) is 1. The van der Waals surface area contributed by atoms with Gasteiger partial charge >= 0.3 is 10.5 Å². The van der Waals surface area contributed by atoms with Crippen molar-refractivity contribution in [3.05, 3.63) is 11.3 Å². The molecule has 3 radical (unpaired) electrons. The van der Waals surface area contributed by atoms with Crippen LogP contribution in [-0.2, 0) is 4.43 Å². The molecule has 0 fully saturated rings. The van der Waals surface area contributed by atoms with Crippen molar-refractivity contribution in [2.75, 3.05) is 0 Å². The predicted octanol–water partition coefficient (Wildman–Crippen LogP) is 1.19. The van der Waals surface area contributed by atoms with Gasteiger partial charge in [-0.15, -0.1) is 0 Å². The molecular formula is C3H4ClOSi. The van der Waals surface area contributed by atoms with Crippen molar-refractivity contribution in [3.8, 4) is 0 Å². The standard InChI is InChI=1S/C3H4ClOSi/c1-3(4)2-5-6/h2H,1H3/b3-2-. The maximum absolute atomic E-state index is 5.28. The smallest absolute Gasteiger partial charge is 0.340 e. The summed E-state index contributed by atoms with van der Waals surface area (Å²) in [7, 11) is 2.73. The summed E-state index contributed by atoms with van der Waals surface area (Å²) in [5.74, 6) is 0. The summed E-state index contributed by atoms with van der Waals surface area (Å²) in [5.41, 5.74) is 0. The summed E-state index contributed by atoms with van der Waals surface area (Å²) in [4.78, 5) is 0. The van der Waals surface area contributed by atoms with E-state index in [9.17, 15) is 0 Å². The first-order chi connectivity index (χ1) is 2.77. The molecule has 6 heavy (non-hydrogen) atoms. The molecule has 0 aromatic heterocycles. The Morgan fingerprint density at radius 1 is 2.00 bits per heavy atom. The molecule has 0 spiro atoms. The van der Waals surface area contributed by atoms with Crippen LogP contribution in [0.1, 0.15) is 6.92 Å². The lowest BCUT2D eigenvalue weighted by Gasteiger charge is -1.82. The van der Waals surface area contributed by atoms with E-state index in [-0.39, 0.29) is 0 Å². The van der Waals surface area contributed by atoms with Crippen LogP contribution < -0.4 is 0 Å². The van der Waals surface area contributed by atoms with Crippen LogP contribution in [0, 0.1) is 0 Å². The molecule has 0 amide bonds. The summed E-state index contributed by atoms with van der Waals surface area (Å²) < 4.78 is 4.31. The van der Waals surface area contributed by atoms with Crippen LogP contribution in [0.3, 0.4) is 0 Å².